The van der Waals surface area contributed by atoms with Crippen LogP contribution in [0.1, 0.15) is 10.6 Å². The molecule has 1 aromatic carbocycles. The van der Waals surface area contributed by atoms with E-state index < -0.39 is 10.2 Å². The van der Waals surface area contributed by atoms with Crippen LogP contribution in [-0.4, -0.2) is 15.8 Å². The van der Waals surface area contributed by atoms with E-state index in [0.29, 0.717) is 0 Å². The van der Waals surface area contributed by atoms with Crippen LogP contribution < -0.4 is 28.9 Å². The summed E-state index contributed by atoms with van der Waals surface area (Å²) in [7, 11) is -1.42. The van der Waals surface area contributed by atoms with Crippen molar-refractivity contribution in [3.05, 3.63) is 63.7 Å². The minimum atomic E-state index is -4.94. The number of rotatable bonds is 4. The molecule has 2 heterocycles. The summed E-state index contributed by atoms with van der Waals surface area (Å²) in [6.07, 6.45) is 7.81. The standard InChI is InChI=1S/C18H18N3OS2.ClHO4/c1-20-12-11-14(21(2)18(20)22)9-10-15-16(19-17(23-3)24-15)13-7-5-4-6-8-13;2-1(3,4)5/h4-12H,1-3H3;(H,2,3,4,5)/q+1;/p-1. The zero-order valence-electron chi connectivity index (χ0n) is 15.8. The molecule has 3 rings (SSSR count). The van der Waals surface area contributed by atoms with Gasteiger partial charge in [0.1, 0.15) is 5.69 Å². The molecular formula is C18H18ClN3O5S2. The monoisotopic (exact) mass is 455 g/mol. The summed E-state index contributed by atoms with van der Waals surface area (Å²) in [5.41, 5.74) is 2.89. The number of hydrogen-bond donors (Lipinski definition) is 0. The molecule has 0 aliphatic carbocycles. The van der Waals surface area contributed by atoms with Gasteiger partial charge in [-0.3, -0.25) is 0 Å². The number of hydrogen-bond acceptors (Lipinski definition) is 8. The molecule has 0 saturated carbocycles. The summed E-state index contributed by atoms with van der Waals surface area (Å²) in [6.45, 7) is 0. The second-order valence-electron chi connectivity index (χ2n) is 5.67. The Labute approximate surface area is 177 Å². The van der Waals surface area contributed by atoms with E-state index in [1.807, 2.05) is 42.7 Å². The second kappa shape index (κ2) is 10.1. The van der Waals surface area contributed by atoms with Gasteiger partial charge in [-0.2, -0.15) is 9.36 Å². The summed E-state index contributed by atoms with van der Waals surface area (Å²) >= 11 is 3.30. The summed E-state index contributed by atoms with van der Waals surface area (Å²) in [6, 6.07) is 12.1. The Balaban J connectivity index is 0.000000537. The van der Waals surface area contributed by atoms with Crippen molar-refractivity contribution in [2.75, 3.05) is 6.26 Å². The van der Waals surface area contributed by atoms with Crippen molar-refractivity contribution in [2.24, 2.45) is 14.1 Å². The number of halogens is 1. The largest absolute Gasteiger partial charge is 0.497 e. The van der Waals surface area contributed by atoms with E-state index in [4.69, 9.17) is 23.6 Å². The average Bonchev–Trinajstić information content (AvgIpc) is 3.08. The molecule has 3 aromatic rings. The molecule has 0 spiro atoms. The van der Waals surface area contributed by atoms with E-state index >= 15 is 0 Å². The molecule has 0 unspecified atom stereocenters. The lowest BCUT2D eigenvalue weighted by atomic mass is 10.1. The Morgan fingerprint density at radius 1 is 1.14 bits per heavy atom. The fourth-order valence-electron chi connectivity index (χ4n) is 2.35. The lowest BCUT2D eigenvalue weighted by Gasteiger charge is -2.17. The van der Waals surface area contributed by atoms with Crippen LogP contribution in [0.5, 0.6) is 0 Å². The molecule has 0 N–H and O–H groups in total. The summed E-state index contributed by atoms with van der Waals surface area (Å²) in [5, 5.41) is 0. The van der Waals surface area contributed by atoms with Gasteiger partial charge in [0.2, 0.25) is 0 Å². The molecular weight excluding hydrogens is 438 g/mol. The molecule has 0 atom stereocenters. The van der Waals surface area contributed by atoms with Crippen molar-refractivity contribution in [3.8, 4) is 11.3 Å². The highest BCUT2D eigenvalue weighted by molar-refractivity contribution is 8.00. The van der Waals surface area contributed by atoms with Gasteiger partial charge in [0, 0.05) is 11.6 Å². The number of thiazole rings is 1. The van der Waals surface area contributed by atoms with Gasteiger partial charge in [-0.15, -0.1) is 21.6 Å². The molecule has 8 nitrogen and oxygen atoms in total. The van der Waals surface area contributed by atoms with Gasteiger partial charge in [0.15, 0.2) is 4.34 Å². The van der Waals surface area contributed by atoms with Crippen LogP contribution in [0.3, 0.4) is 0 Å². The minimum Gasteiger partial charge on any atom is -0.229 e. The predicted octanol–water partition coefficient (Wildman–Crippen LogP) is -1.53. The molecule has 154 valence electrons. The van der Waals surface area contributed by atoms with Gasteiger partial charge in [-0.25, -0.2) is 28.2 Å². The van der Waals surface area contributed by atoms with E-state index in [0.717, 1.165) is 26.2 Å². The normalized spacial score (nSPS) is 11.4. The Morgan fingerprint density at radius 2 is 1.76 bits per heavy atom. The lowest BCUT2D eigenvalue weighted by molar-refractivity contribution is -2.00. The van der Waals surface area contributed by atoms with E-state index in [1.165, 1.54) is 0 Å². The third-order valence-electron chi connectivity index (χ3n) is 3.71. The van der Waals surface area contributed by atoms with Crippen LogP contribution >= 0.6 is 23.1 Å². The minimum absolute atomic E-state index is 0.0467. The maximum absolute atomic E-state index is 12.0. The Kier molecular flexibility index (Phi) is 8.11. The molecule has 0 amide bonds. The van der Waals surface area contributed by atoms with E-state index in [2.05, 4.69) is 12.1 Å². The van der Waals surface area contributed by atoms with Gasteiger partial charge in [0.25, 0.3) is 0 Å². The molecule has 0 aliphatic heterocycles. The van der Waals surface area contributed by atoms with Gasteiger partial charge >= 0.3 is 5.69 Å². The fourth-order valence-corrected chi connectivity index (χ4v) is 3.86. The number of thioether (sulfide) groups is 1. The Hall–Kier alpha value is -2.05. The number of aromatic nitrogens is 3. The molecule has 0 radical (unpaired) electrons. The molecule has 2 aromatic heterocycles. The Morgan fingerprint density at radius 3 is 2.34 bits per heavy atom. The zero-order chi connectivity index (χ0) is 21.6. The topological polar surface area (TPSA) is 131 Å². The first-order valence-corrected chi connectivity index (χ1v) is 11.3. The van der Waals surface area contributed by atoms with Crippen molar-refractivity contribution in [3.63, 3.8) is 0 Å². The summed E-state index contributed by atoms with van der Waals surface area (Å²) in [5.74, 6) is 0. The maximum atomic E-state index is 12.0. The van der Waals surface area contributed by atoms with Gasteiger partial charge < -0.3 is 0 Å². The van der Waals surface area contributed by atoms with E-state index in [-0.39, 0.29) is 5.69 Å². The third kappa shape index (κ3) is 7.05. The zero-order valence-corrected chi connectivity index (χ0v) is 18.2. The molecule has 11 heteroatoms. The first-order valence-electron chi connectivity index (χ1n) is 8.06. The van der Waals surface area contributed by atoms with Crippen LogP contribution in [0.2, 0.25) is 0 Å². The summed E-state index contributed by atoms with van der Waals surface area (Å²) in [4.78, 5) is 17.8. The molecule has 0 saturated heterocycles. The highest BCUT2D eigenvalue weighted by Crippen LogP contribution is 2.33. The van der Waals surface area contributed by atoms with Gasteiger partial charge in [0.05, 0.1) is 30.9 Å². The van der Waals surface area contributed by atoms with Crippen molar-refractivity contribution in [2.45, 2.75) is 4.34 Å². The SMILES string of the molecule is CSc1nc(-c2ccccc2)c(/C=C/c2cc[n+](C)c(=O)n2C)s1.[O-][Cl+3]([O-])([O-])[O-]. The first-order chi connectivity index (χ1) is 13.6. The van der Waals surface area contributed by atoms with E-state index in [1.54, 1.807) is 52.5 Å². The van der Waals surface area contributed by atoms with Crippen LogP contribution in [0, 0.1) is 10.2 Å². The number of aryl methyl sites for hydroxylation is 1. The van der Waals surface area contributed by atoms with E-state index in [9.17, 15) is 4.79 Å². The highest BCUT2D eigenvalue weighted by Gasteiger charge is 2.12. The number of nitrogens with zero attached hydrogens (tertiary/aromatic N) is 3. The maximum Gasteiger partial charge on any atom is 0.497 e. The van der Waals surface area contributed by atoms with Crippen LogP contribution in [-0.2, 0) is 14.1 Å². The predicted molar refractivity (Wildman–Crippen MR) is 101 cm³/mol. The fraction of sp³-hybridized carbons (Fsp3) is 0.167. The molecule has 0 aliphatic rings. The van der Waals surface area contributed by atoms with Crippen LogP contribution in [0.25, 0.3) is 23.4 Å². The molecule has 0 fully saturated rings. The van der Waals surface area contributed by atoms with Gasteiger partial charge in [-0.1, -0.05) is 42.1 Å². The van der Waals surface area contributed by atoms with Crippen LogP contribution in [0.15, 0.2) is 51.7 Å². The lowest BCUT2D eigenvalue weighted by Crippen LogP contribution is -2.68. The summed E-state index contributed by atoms with van der Waals surface area (Å²) < 4.78 is 38.2. The van der Waals surface area contributed by atoms with Gasteiger partial charge in [-0.05, 0) is 18.4 Å². The Bertz CT molecular complexity index is 1040. The smallest absolute Gasteiger partial charge is 0.229 e. The third-order valence-corrected chi connectivity index (χ3v) is 5.71. The average molecular weight is 456 g/mol. The quantitative estimate of drug-likeness (QED) is 0.344. The molecule has 0 bridgehead atoms. The second-order valence-corrected chi connectivity index (χ2v) is 8.51. The number of benzene rings is 1. The van der Waals surface area contributed by atoms with Crippen molar-refractivity contribution >= 4 is 35.3 Å². The van der Waals surface area contributed by atoms with Crippen molar-refractivity contribution in [1.29, 1.82) is 0 Å². The van der Waals surface area contributed by atoms with Crippen LogP contribution in [0.4, 0.5) is 0 Å². The molecule has 29 heavy (non-hydrogen) atoms. The highest BCUT2D eigenvalue weighted by atomic mass is 35.7. The van der Waals surface area contributed by atoms with Crippen molar-refractivity contribution in [1.82, 2.24) is 9.55 Å². The van der Waals surface area contributed by atoms with Crippen molar-refractivity contribution < 1.29 is 33.4 Å². The first kappa shape index (κ1) is 23.2.